The maximum Gasteiger partial charge on any atom is 0.362 e. The lowest BCUT2D eigenvalue weighted by atomic mass is 10.2. The van der Waals surface area contributed by atoms with Gasteiger partial charge in [0.2, 0.25) is 11.1 Å². The first-order valence-corrected chi connectivity index (χ1v) is 5.96. The number of carbonyl (C=O) groups is 1. The zero-order chi connectivity index (χ0) is 14.9. The van der Waals surface area contributed by atoms with Gasteiger partial charge >= 0.3 is 5.97 Å². The van der Waals surface area contributed by atoms with Gasteiger partial charge in [-0.05, 0) is 25.1 Å². The summed E-state index contributed by atoms with van der Waals surface area (Å²) in [5.74, 6) is -1.46. The third kappa shape index (κ3) is 2.55. The number of aromatic nitrogens is 2. The number of esters is 1. The predicted molar refractivity (Wildman–Crippen MR) is 70.9 cm³/mol. The molecule has 0 atom stereocenters. The maximum absolute atomic E-state index is 13.8. The highest BCUT2D eigenvalue weighted by molar-refractivity contribution is 6.30. The summed E-state index contributed by atoms with van der Waals surface area (Å²) >= 11 is 5.81. The molecular formula is C13H10ClFN2O3. The van der Waals surface area contributed by atoms with Crippen molar-refractivity contribution in [2.45, 2.75) is 6.92 Å². The van der Waals surface area contributed by atoms with Crippen LogP contribution < -0.4 is 5.43 Å². The second-order valence-corrected chi connectivity index (χ2v) is 4.46. The Balaban J connectivity index is 2.70. The Labute approximate surface area is 118 Å². The van der Waals surface area contributed by atoms with Crippen LogP contribution >= 0.6 is 11.6 Å². The normalized spacial score (nSPS) is 10.4. The molecule has 0 aliphatic heterocycles. The summed E-state index contributed by atoms with van der Waals surface area (Å²) < 4.78 is 19.4. The SMILES string of the molecule is COC(=O)c1nn(-c2cc(Cl)ccc2F)cc(C)c1=O. The average molecular weight is 297 g/mol. The summed E-state index contributed by atoms with van der Waals surface area (Å²) in [7, 11) is 1.14. The zero-order valence-electron chi connectivity index (χ0n) is 10.7. The Hall–Kier alpha value is -2.21. The molecule has 1 heterocycles. The van der Waals surface area contributed by atoms with E-state index in [1.54, 1.807) is 0 Å². The molecule has 1 aromatic carbocycles. The third-order valence-corrected chi connectivity index (χ3v) is 2.87. The summed E-state index contributed by atoms with van der Waals surface area (Å²) in [6.45, 7) is 1.50. The van der Waals surface area contributed by atoms with Crippen molar-refractivity contribution in [3.05, 3.63) is 56.7 Å². The quantitative estimate of drug-likeness (QED) is 0.797. The van der Waals surface area contributed by atoms with Crippen LogP contribution in [0, 0.1) is 12.7 Å². The van der Waals surface area contributed by atoms with Crippen LogP contribution in [0.3, 0.4) is 0 Å². The number of ether oxygens (including phenoxy) is 1. The zero-order valence-corrected chi connectivity index (χ0v) is 11.4. The molecule has 0 N–H and O–H groups in total. The minimum Gasteiger partial charge on any atom is -0.464 e. The fourth-order valence-electron chi connectivity index (χ4n) is 1.63. The van der Waals surface area contributed by atoms with E-state index in [4.69, 9.17) is 11.6 Å². The third-order valence-electron chi connectivity index (χ3n) is 2.63. The van der Waals surface area contributed by atoms with Gasteiger partial charge in [0.25, 0.3) is 0 Å². The van der Waals surface area contributed by atoms with Crippen molar-refractivity contribution in [2.24, 2.45) is 0 Å². The van der Waals surface area contributed by atoms with Gasteiger partial charge in [-0.1, -0.05) is 11.6 Å². The fourth-order valence-corrected chi connectivity index (χ4v) is 1.79. The first-order valence-electron chi connectivity index (χ1n) is 5.58. The molecule has 20 heavy (non-hydrogen) atoms. The second-order valence-electron chi connectivity index (χ2n) is 4.02. The van der Waals surface area contributed by atoms with Gasteiger partial charge in [0.05, 0.1) is 7.11 Å². The first kappa shape index (κ1) is 14.2. The fraction of sp³-hybridized carbons (Fsp3) is 0.154. The highest BCUT2D eigenvalue weighted by atomic mass is 35.5. The molecule has 2 rings (SSSR count). The number of rotatable bonds is 2. The van der Waals surface area contributed by atoms with E-state index in [-0.39, 0.29) is 11.3 Å². The van der Waals surface area contributed by atoms with Crippen LogP contribution in [0.4, 0.5) is 4.39 Å². The van der Waals surface area contributed by atoms with Gasteiger partial charge in [0, 0.05) is 16.8 Å². The summed E-state index contributed by atoms with van der Waals surface area (Å²) in [6.07, 6.45) is 1.32. The van der Waals surface area contributed by atoms with Crippen LogP contribution in [0.1, 0.15) is 16.1 Å². The topological polar surface area (TPSA) is 61.2 Å². The van der Waals surface area contributed by atoms with E-state index in [9.17, 15) is 14.0 Å². The van der Waals surface area contributed by atoms with Crippen molar-refractivity contribution in [1.29, 1.82) is 0 Å². The molecule has 0 unspecified atom stereocenters. The van der Waals surface area contributed by atoms with Crippen molar-refractivity contribution < 1.29 is 13.9 Å². The first-order chi connectivity index (χ1) is 9.43. The summed E-state index contributed by atoms with van der Waals surface area (Å²) in [4.78, 5) is 23.3. The standard InChI is InChI=1S/C13H10ClFN2O3/c1-7-6-17(10-5-8(14)3-4-9(10)15)16-11(12(7)18)13(19)20-2/h3-6H,1-2H3. The van der Waals surface area contributed by atoms with Crippen LogP contribution in [0.25, 0.3) is 5.69 Å². The van der Waals surface area contributed by atoms with Crippen molar-refractivity contribution in [1.82, 2.24) is 9.78 Å². The van der Waals surface area contributed by atoms with Crippen molar-refractivity contribution in [3.8, 4) is 5.69 Å². The Bertz CT molecular complexity index is 743. The van der Waals surface area contributed by atoms with Gasteiger partial charge in [-0.15, -0.1) is 0 Å². The Kier molecular flexibility index (Phi) is 3.85. The summed E-state index contributed by atoms with van der Waals surface area (Å²) in [5.41, 5.74) is -0.701. The van der Waals surface area contributed by atoms with Gasteiger partial charge in [-0.2, -0.15) is 5.10 Å². The number of hydrogen-bond acceptors (Lipinski definition) is 4. The molecule has 104 valence electrons. The van der Waals surface area contributed by atoms with Crippen LogP contribution in [0.2, 0.25) is 5.02 Å². The lowest BCUT2D eigenvalue weighted by Crippen LogP contribution is -2.24. The molecule has 0 aliphatic carbocycles. The molecule has 0 amide bonds. The highest BCUT2D eigenvalue weighted by Crippen LogP contribution is 2.18. The van der Waals surface area contributed by atoms with Crippen LogP contribution in [0.15, 0.2) is 29.2 Å². The van der Waals surface area contributed by atoms with Crippen LogP contribution in [-0.2, 0) is 4.74 Å². The second kappa shape index (κ2) is 5.42. The van der Waals surface area contributed by atoms with E-state index in [2.05, 4.69) is 9.84 Å². The largest absolute Gasteiger partial charge is 0.464 e. The van der Waals surface area contributed by atoms with Gasteiger partial charge < -0.3 is 4.74 Å². The number of hydrogen-bond donors (Lipinski definition) is 0. The average Bonchev–Trinajstić information content (AvgIpc) is 2.43. The molecule has 0 bridgehead atoms. The number of carbonyl (C=O) groups excluding carboxylic acids is 1. The van der Waals surface area contributed by atoms with Gasteiger partial charge in [-0.25, -0.2) is 13.9 Å². The van der Waals surface area contributed by atoms with Crippen molar-refractivity contribution in [2.75, 3.05) is 7.11 Å². The molecular weight excluding hydrogens is 287 g/mol. The van der Waals surface area contributed by atoms with Gasteiger partial charge in [0.1, 0.15) is 11.5 Å². The van der Waals surface area contributed by atoms with E-state index in [0.717, 1.165) is 11.8 Å². The van der Waals surface area contributed by atoms with Gasteiger partial charge in [-0.3, -0.25) is 4.79 Å². The molecule has 0 spiro atoms. The predicted octanol–water partition coefficient (Wildman–Crippen LogP) is 2.12. The summed E-state index contributed by atoms with van der Waals surface area (Å²) in [6, 6.07) is 3.90. The minimum atomic E-state index is -0.880. The molecule has 2 aromatic rings. The van der Waals surface area contributed by atoms with E-state index in [1.807, 2.05) is 0 Å². The molecule has 1 aromatic heterocycles. The van der Waals surface area contributed by atoms with Gasteiger partial charge in [0.15, 0.2) is 0 Å². The maximum atomic E-state index is 13.8. The minimum absolute atomic E-state index is 0.0331. The molecule has 0 aliphatic rings. The number of benzene rings is 1. The lowest BCUT2D eigenvalue weighted by Gasteiger charge is -2.09. The molecule has 5 nitrogen and oxygen atoms in total. The molecule has 0 saturated heterocycles. The van der Waals surface area contributed by atoms with E-state index in [0.29, 0.717) is 5.02 Å². The number of aryl methyl sites for hydroxylation is 1. The van der Waals surface area contributed by atoms with E-state index in [1.165, 1.54) is 31.3 Å². The Morgan fingerprint density at radius 2 is 2.15 bits per heavy atom. The highest BCUT2D eigenvalue weighted by Gasteiger charge is 2.17. The molecule has 0 radical (unpaired) electrons. The molecule has 0 fully saturated rings. The number of nitrogens with zero attached hydrogens (tertiary/aromatic N) is 2. The Morgan fingerprint density at radius 3 is 2.80 bits per heavy atom. The van der Waals surface area contributed by atoms with Crippen molar-refractivity contribution >= 4 is 17.6 Å². The number of halogens is 2. The number of methoxy groups -OCH3 is 1. The summed E-state index contributed by atoms with van der Waals surface area (Å²) in [5, 5.41) is 4.11. The molecule has 7 heteroatoms. The smallest absolute Gasteiger partial charge is 0.362 e. The van der Waals surface area contributed by atoms with Crippen LogP contribution in [0.5, 0.6) is 0 Å². The lowest BCUT2D eigenvalue weighted by molar-refractivity contribution is 0.0590. The Morgan fingerprint density at radius 1 is 1.45 bits per heavy atom. The molecule has 0 saturated carbocycles. The van der Waals surface area contributed by atoms with E-state index < -0.39 is 22.9 Å². The monoisotopic (exact) mass is 296 g/mol. The van der Waals surface area contributed by atoms with Crippen molar-refractivity contribution in [3.63, 3.8) is 0 Å². The van der Waals surface area contributed by atoms with E-state index >= 15 is 0 Å². The van der Waals surface area contributed by atoms with Crippen LogP contribution in [-0.4, -0.2) is 22.9 Å².